The van der Waals surface area contributed by atoms with E-state index in [9.17, 15) is 8.42 Å². The van der Waals surface area contributed by atoms with Crippen LogP contribution < -0.4 is 5.32 Å². The zero-order valence-corrected chi connectivity index (χ0v) is 16.9. The van der Waals surface area contributed by atoms with Gasteiger partial charge in [0.15, 0.2) is 9.84 Å². The molecule has 0 bridgehead atoms. The Hall–Kier alpha value is -1.37. The van der Waals surface area contributed by atoms with Gasteiger partial charge >= 0.3 is 0 Å². The zero-order valence-electron chi connectivity index (χ0n) is 14.4. The lowest BCUT2D eigenvalue weighted by Crippen LogP contribution is -2.39. The SMILES string of the molecule is CCSC(=S)NC(CCc1ccccc1)S(=O)(=O)c1ccc(C)cc1. The number of hydrogen-bond donors (Lipinski definition) is 1. The largest absolute Gasteiger partial charge is 0.354 e. The van der Waals surface area contributed by atoms with Gasteiger partial charge in [-0.1, -0.05) is 78.9 Å². The van der Waals surface area contributed by atoms with Crippen molar-refractivity contribution in [3.05, 3.63) is 65.7 Å². The van der Waals surface area contributed by atoms with Crippen molar-refractivity contribution in [3.63, 3.8) is 0 Å². The van der Waals surface area contributed by atoms with Crippen LogP contribution in [0.4, 0.5) is 0 Å². The molecule has 0 aliphatic rings. The van der Waals surface area contributed by atoms with E-state index in [4.69, 9.17) is 12.2 Å². The monoisotopic (exact) mass is 393 g/mol. The van der Waals surface area contributed by atoms with E-state index in [2.05, 4.69) is 5.32 Å². The van der Waals surface area contributed by atoms with Crippen LogP contribution in [0, 0.1) is 6.92 Å². The summed E-state index contributed by atoms with van der Waals surface area (Å²) in [5.41, 5.74) is 2.15. The predicted octanol–water partition coefficient (Wildman–Crippen LogP) is 4.36. The maximum atomic E-state index is 13.1. The zero-order chi connectivity index (χ0) is 18.3. The highest BCUT2D eigenvalue weighted by atomic mass is 32.2. The van der Waals surface area contributed by atoms with Crippen molar-refractivity contribution in [1.82, 2.24) is 5.32 Å². The fraction of sp³-hybridized carbons (Fsp3) is 0.316. The summed E-state index contributed by atoms with van der Waals surface area (Å²) in [6.07, 6.45) is 1.13. The molecule has 1 N–H and O–H groups in total. The second-order valence-corrected chi connectivity index (χ2v) is 9.81. The Kier molecular flexibility index (Phi) is 7.47. The second kappa shape index (κ2) is 9.36. The Morgan fingerprint density at radius 2 is 1.76 bits per heavy atom. The van der Waals surface area contributed by atoms with E-state index < -0.39 is 15.2 Å². The van der Waals surface area contributed by atoms with E-state index >= 15 is 0 Å². The van der Waals surface area contributed by atoms with Gasteiger partial charge in [0.05, 0.1) is 4.90 Å². The molecule has 0 spiro atoms. The standard InChI is InChI=1S/C19H23NO2S3/c1-3-24-19(23)20-18(14-11-16-7-5-4-6-8-16)25(21,22)17-12-9-15(2)10-13-17/h4-10,12-13,18H,3,11,14H2,1-2H3,(H,20,23). The number of thioether (sulfide) groups is 1. The molecule has 1 atom stereocenters. The number of hydrogen-bond acceptors (Lipinski definition) is 4. The van der Waals surface area contributed by atoms with Gasteiger partial charge in [-0.3, -0.25) is 0 Å². The number of sulfone groups is 1. The summed E-state index contributed by atoms with van der Waals surface area (Å²) in [6, 6.07) is 16.9. The van der Waals surface area contributed by atoms with Crippen LogP contribution in [0.5, 0.6) is 0 Å². The Balaban J connectivity index is 2.22. The molecule has 0 aliphatic heterocycles. The molecule has 1 unspecified atom stereocenters. The summed E-state index contributed by atoms with van der Waals surface area (Å²) in [7, 11) is -3.51. The molecule has 2 aromatic carbocycles. The summed E-state index contributed by atoms with van der Waals surface area (Å²) < 4.78 is 26.7. The van der Waals surface area contributed by atoms with E-state index in [-0.39, 0.29) is 0 Å². The average molecular weight is 394 g/mol. The molecule has 0 heterocycles. The minimum absolute atomic E-state index is 0.327. The summed E-state index contributed by atoms with van der Waals surface area (Å²) in [6.45, 7) is 3.93. The molecule has 0 fully saturated rings. The number of benzene rings is 2. The van der Waals surface area contributed by atoms with E-state index in [0.29, 0.717) is 22.1 Å². The fourth-order valence-electron chi connectivity index (χ4n) is 2.44. The van der Waals surface area contributed by atoms with Crippen molar-refractivity contribution in [2.24, 2.45) is 0 Å². The number of aryl methyl sites for hydroxylation is 2. The lowest BCUT2D eigenvalue weighted by Gasteiger charge is -2.20. The summed E-state index contributed by atoms with van der Waals surface area (Å²) in [5.74, 6) is 0.807. The molecular weight excluding hydrogens is 370 g/mol. The molecule has 3 nitrogen and oxygen atoms in total. The van der Waals surface area contributed by atoms with E-state index in [1.807, 2.05) is 56.3 Å². The van der Waals surface area contributed by atoms with E-state index in [1.165, 1.54) is 11.8 Å². The topological polar surface area (TPSA) is 46.2 Å². The highest BCUT2D eigenvalue weighted by Gasteiger charge is 2.28. The highest BCUT2D eigenvalue weighted by Crippen LogP contribution is 2.20. The first-order chi connectivity index (χ1) is 11.9. The van der Waals surface area contributed by atoms with Gasteiger partial charge in [0, 0.05) is 0 Å². The van der Waals surface area contributed by atoms with Crippen molar-refractivity contribution >= 4 is 38.1 Å². The summed E-state index contributed by atoms with van der Waals surface area (Å²) >= 11 is 6.74. The van der Waals surface area contributed by atoms with Crippen LogP contribution in [0.15, 0.2) is 59.5 Å². The maximum Gasteiger partial charge on any atom is 0.199 e. The molecular formula is C19H23NO2S3. The van der Waals surface area contributed by atoms with Gasteiger partial charge < -0.3 is 5.32 Å². The quantitative estimate of drug-likeness (QED) is 0.709. The lowest BCUT2D eigenvalue weighted by atomic mass is 10.1. The van der Waals surface area contributed by atoms with Crippen LogP contribution in [0.25, 0.3) is 0 Å². The molecule has 25 heavy (non-hydrogen) atoms. The first-order valence-corrected chi connectivity index (χ1v) is 11.1. The van der Waals surface area contributed by atoms with Crippen LogP contribution in [-0.4, -0.2) is 23.9 Å². The first-order valence-electron chi connectivity index (χ1n) is 8.21. The molecule has 2 rings (SSSR count). The number of nitrogens with one attached hydrogen (secondary N) is 1. The van der Waals surface area contributed by atoms with Crippen molar-refractivity contribution in [1.29, 1.82) is 0 Å². The van der Waals surface area contributed by atoms with Crippen molar-refractivity contribution in [2.75, 3.05) is 5.75 Å². The smallest absolute Gasteiger partial charge is 0.199 e. The molecule has 0 aromatic heterocycles. The molecule has 0 aliphatic carbocycles. The van der Waals surface area contributed by atoms with Gasteiger partial charge in [0.25, 0.3) is 0 Å². The first kappa shape index (κ1) is 19.9. The fourth-order valence-corrected chi connectivity index (χ4v) is 5.12. The molecule has 2 aromatic rings. The minimum atomic E-state index is -3.51. The Morgan fingerprint density at radius 3 is 2.36 bits per heavy atom. The molecule has 134 valence electrons. The van der Waals surface area contributed by atoms with Gasteiger partial charge in [-0.15, -0.1) is 0 Å². The third kappa shape index (κ3) is 5.83. The van der Waals surface area contributed by atoms with E-state index in [1.54, 1.807) is 12.1 Å². The normalized spacial score (nSPS) is 12.6. The van der Waals surface area contributed by atoms with Crippen LogP contribution >= 0.6 is 24.0 Å². The van der Waals surface area contributed by atoms with E-state index in [0.717, 1.165) is 16.9 Å². The van der Waals surface area contributed by atoms with Crippen molar-refractivity contribution < 1.29 is 8.42 Å². The van der Waals surface area contributed by atoms with Crippen LogP contribution in [0.1, 0.15) is 24.5 Å². The summed E-state index contributed by atoms with van der Waals surface area (Å²) in [5, 5.41) is 2.31. The van der Waals surface area contributed by atoms with Gasteiger partial charge in [-0.2, -0.15) is 0 Å². The predicted molar refractivity (Wildman–Crippen MR) is 111 cm³/mol. The van der Waals surface area contributed by atoms with Gasteiger partial charge in [0.2, 0.25) is 0 Å². The Bertz CT molecular complexity index is 787. The Labute approximate surface area is 160 Å². The molecule has 0 radical (unpaired) electrons. The van der Waals surface area contributed by atoms with Gasteiger partial charge in [-0.05, 0) is 43.2 Å². The molecule has 0 amide bonds. The third-order valence-electron chi connectivity index (χ3n) is 3.82. The highest BCUT2D eigenvalue weighted by molar-refractivity contribution is 8.23. The molecule has 0 saturated carbocycles. The second-order valence-electron chi connectivity index (χ2n) is 5.74. The maximum absolute atomic E-state index is 13.1. The minimum Gasteiger partial charge on any atom is -0.354 e. The lowest BCUT2D eigenvalue weighted by molar-refractivity contribution is 0.564. The third-order valence-corrected chi connectivity index (χ3v) is 6.99. The van der Waals surface area contributed by atoms with Crippen molar-refractivity contribution in [3.8, 4) is 0 Å². The average Bonchev–Trinajstić information content (AvgIpc) is 2.60. The van der Waals surface area contributed by atoms with Gasteiger partial charge in [-0.25, -0.2) is 8.42 Å². The Morgan fingerprint density at radius 1 is 1.12 bits per heavy atom. The van der Waals surface area contributed by atoms with Crippen molar-refractivity contribution in [2.45, 2.75) is 37.0 Å². The number of rotatable bonds is 7. The number of thiocarbonyl (C=S) groups is 1. The van der Waals surface area contributed by atoms with Crippen LogP contribution in [-0.2, 0) is 16.3 Å². The van der Waals surface area contributed by atoms with Crippen LogP contribution in [0.2, 0.25) is 0 Å². The molecule has 0 saturated heterocycles. The van der Waals surface area contributed by atoms with Gasteiger partial charge in [0.1, 0.15) is 9.69 Å². The molecule has 6 heteroatoms. The summed E-state index contributed by atoms with van der Waals surface area (Å²) in [4.78, 5) is 0.327. The van der Waals surface area contributed by atoms with Crippen LogP contribution in [0.3, 0.4) is 0 Å².